The van der Waals surface area contributed by atoms with E-state index < -0.39 is 12.1 Å². The normalized spacial score (nSPS) is 21.7. The number of halogens is 3. The third kappa shape index (κ3) is 9.87. The van der Waals surface area contributed by atoms with Gasteiger partial charge in [-0.05, 0) is 25.7 Å². The zero-order valence-electron chi connectivity index (χ0n) is 12.2. The molecule has 6 heteroatoms. The van der Waals surface area contributed by atoms with Crippen molar-refractivity contribution in [2.45, 2.75) is 45.2 Å². The van der Waals surface area contributed by atoms with Crippen LogP contribution in [-0.4, -0.2) is 24.9 Å². The molecule has 0 aromatic rings. The molecule has 0 aromatic carbocycles. The molecule has 0 bridgehead atoms. The molecule has 0 saturated heterocycles. The monoisotopic (exact) mass is 305 g/mol. The van der Waals surface area contributed by atoms with E-state index in [0.717, 1.165) is 6.54 Å². The number of carbonyl (C=O) groups excluding carboxylic acids is 1. The Morgan fingerprint density at radius 3 is 2.57 bits per heavy atom. The molecule has 0 amide bonds. The summed E-state index contributed by atoms with van der Waals surface area (Å²) in [7, 11) is 0. The van der Waals surface area contributed by atoms with Crippen molar-refractivity contribution in [3.63, 3.8) is 0 Å². The van der Waals surface area contributed by atoms with Crippen LogP contribution in [0.5, 0.6) is 0 Å². The van der Waals surface area contributed by atoms with Gasteiger partial charge in [0.1, 0.15) is 18.7 Å². The fourth-order valence-corrected chi connectivity index (χ4v) is 2.00. The molecule has 0 fully saturated rings. The highest BCUT2D eigenvalue weighted by Crippen LogP contribution is 2.27. The lowest BCUT2D eigenvalue weighted by atomic mass is 9.80. The molecule has 1 rings (SSSR count). The molecule has 0 radical (unpaired) electrons. The largest absolute Gasteiger partial charge is 0.542 e. The number of aliphatic carboxylic acids is 1. The lowest BCUT2D eigenvalue weighted by Crippen LogP contribution is -2.73. The van der Waals surface area contributed by atoms with Gasteiger partial charge in [0.25, 0.3) is 0 Å². The highest BCUT2D eigenvalue weighted by molar-refractivity contribution is 5.70. The Kier molecular flexibility index (Phi) is 8.66. The number of nitrogens with one attached hydrogen (secondary N) is 1. The van der Waals surface area contributed by atoms with E-state index in [0.29, 0.717) is 5.41 Å². The van der Waals surface area contributed by atoms with Gasteiger partial charge in [0, 0.05) is 11.8 Å². The first-order chi connectivity index (χ1) is 9.71. The maximum atomic E-state index is 10.5. The second kappa shape index (κ2) is 9.37. The van der Waals surface area contributed by atoms with Crippen LogP contribution < -0.4 is 10.1 Å². The van der Waals surface area contributed by atoms with Crippen molar-refractivity contribution >= 4 is 12.2 Å². The Hall–Kier alpha value is -1.59. The van der Waals surface area contributed by atoms with Crippen molar-refractivity contribution in [2.24, 2.45) is 5.41 Å². The van der Waals surface area contributed by atoms with Crippen molar-refractivity contribution in [3.8, 4) is 0 Å². The number of rotatable bonds is 5. The van der Waals surface area contributed by atoms with Gasteiger partial charge < -0.3 is 9.90 Å². The first-order valence-corrected chi connectivity index (χ1v) is 6.85. The maximum Gasteiger partial charge on any atom is 0.430 e. The van der Waals surface area contributed by atoms with Crippen LogP contribution in [0.15, 0.2) is 24.8 Å². The number of unbranched alkanes of at least 4 members (excludes halogenated alkanes) is 1. The molecule has 1 aliphatic heterocycles. The number of hydrogen-bond acceptors (Lipinski definition) is 2. The summed E-state index contributed by atoms with van der Waals surface area (Å²) in [6, 6.07) is 0. The Morgan fingerprint density at radius 1 is 1.52 bits per heavy atom. The maximum absolute atomic E-state index is 10.5. The minimum absolute atomic E-state index is 0.431. The minimum atomic E-state index is -5.19. The summed E-state index contributed by atoms with van der Waals surface area (Å²) in [5.74, 6) is -3.01. The smallest absolute Gasteiger partial charge is 0.430 e. The van der Waals surface area contributed by atoms with Crippen LogP contribution in [0.4, 0.5) is 13.2 Å². The third-order valence-corrected chi connectivity index (χ3v) is 3.14. The molecule has 0 aromatic heterocycles. The lowest BCUT2D eigenvalue weighted by Gasteiger charge is -2.23. The molecule has 0 spiro atoms. The molecule has 1 heterocycles. The zero-order valence-corrected chi connectivity index (χ0v) is 12.2. The predicted molar refractivity (Wildman–Crippen MR) is 73.5 cm³/mol. The van der Waals surface area contributed by atoms with E-state index in [4.69, 9.17) is 9.90 Å². The molecular formula is C15H22F3NO2. The van der Waals surface area contributed by atoms with E-state index in [9.17, 15) is 13.2 Å². The Bertz CT molecular complexity index is 389. The number of carboxylic acids is 1. The fraction of sp³-hybridized carbons (Fsp3) is 0.600. The molecule has 1 atom stereocenters. The Labute approximate surface area is 123 Å². The first-order valence-electron chi connectivity index (χ1n) is 6.85. The van der Waals surface area contributed by atoms with Crippen LogP contribution in [0.1, 0.15) is 39.0 Å². The fourth-order valence-electron chi connectivity index (χ4n) is 2.00. The van der Waals surface area contributed by atoms with Crippen LogP contribution in [-0.2, 0) is 4.79 Å². The van der Waals surface area contributed by atoms with E-state index in [2.05, 4.69) is 30.8 Å². The van der Waals surface area contributed by atoms with Crippen molar-refractivity contribution in [1.29, 1.82) is 0 Å². The van der Waals surface area contributed by atoms with Crippen molar-refractivity contribution < 1.29 is 28.1 Å². The van der Waals surface area contributed by atoms with Gasteiger partial charge in [-0.15, -0.1) is 0 Å². The van der Waals surface area contributed by atoms with Crippen LogP contribution >= 0.6 is 0 Å². The second-order valence-electron chi connectivity index (χ2n) is 5.20. The summed E-state index contributed by atoms with van der Waals surface area (Å²) in [5, 5.41) is 8.78. The Balaban J connectivity index is 0.000000486. The van der Waals surface area contributed by atoms with Crippen molar-refractivity contribution in [1.82, 2.24) is 0 Å². The van der Waals surface area contributed by atoms with Gasteiger partial charge in [-0.3, -0.25) is 4.99 Å². The van der Waals surface area contributed by atoms with E-state index in [1.165, 1.54) is 32.1 Å². The first kappa shape index (κ1) is 19.4. The molecule has 1 unspecified atom stereocenters. The number of hydrogen-bond donors (Lipinski definition) is 1. The summed E-state index contributed by atoms with van der Waals surface area (Å²) in [5.41, 5.74) is 0.431. The summed E-state index contributed by atoms with van der Waals surface area (Å²) < 4.78 is 31.5. The van der Waals surface area contributed by atoms with E-state index in [1.807, 2.05) is 12.2 Å². The summed E-state index contributed by atoms with van der Waals surface area (Å²) in [6.07, 6.45) is 9.58. The minimum Gasteiger partial charge on any atom is -0.542 e. The molecule has 1 aliphatic rings. The molecule has 0 saturated carbocycles. The second-order valence-corrected chi connectivity index (χ2v) is 5.20. The molecular weight excluding hydrogens is 283 g/mol. The van der Waals surface area contributed by atoms with Crippen molar-refractivity contribution in [2.75, 3.05) is 6.54 Å². The molecule has 1 N–H and O–H groups in total. The zero-order chi connectivity index (χ0) is 16.4. The van der Waals surface area contributed by atoms with Crippen LogP contribution in [0.3, 0.4) is 0 Å². The number of carbonyl (C=O) groups is 1. The average Bonchev–Trinajstić information content (AvgIpc) is 2.39. The SMILES string of the molecule is C=C/C=C/CCCC1(C)C=[NH+]CCC1.O=C([O-])C(F)(F)F. The molecule has 3 nitrogen and oxygen atoms in total. The number of carboxylic acid groups (broad SMARTS) is 1. The van der Waals surface area contributed by atoms with Gasteiger partial charge >= 0.3 is 6.18 Å². The lowest BCUT2D eigenvalue weighted by molar-refractivity contribution is -0.463. The number of alkyl halides is 3. The van der Waals surface area contributed by atoms with E-state index in [-0.39, 0.29) is 0 Å². The van der Waals surface area contributed by atoms with E-state index in [1.54, 1.807) is 0 Å². The van der Waals surface area contributed by atoms with Gasteiger partial charge in [-0.1, -0.05) is 31.7 Å². The van der Waals surface area contributed by atoms with Crippen LogP contribution in [0.2, 0.25) is 0 Å². The molecule has 0 aliphatic carbocycles. The van der Waals surface area contributed by atoms with Gasteiger partial charge in [-0.25, -0.2) is 0 Å². The average molecular weight is 305 g/mol. The Morgan fingerprint density at radius 2 is 2.14 bits per heavy atom. The van der Waals surface area contributed by atoms with Gasteiger partial charge in [0.15, 0.2) is 0 Å². The van der Waals surface area contributed by atoms with Crippen LogP contribution in [0, 0.1) is 5.41 Å². The predicted octanol–water partition coefficient (Wildman–Crippen LogP) is 1.15. The summed E-state index contributed by atoms with van der Waals surface area (Å²) in [4.78, 5) is 12.2. The van der Waals surface area contributed by atoms with E-state index >= 15 is 0 Å². The van der Waals surface area contributed by atoms with Crippen molar-refractivity contribution in [3.05, 3.63) is 24.8 Å². The standard InChI is InChI=1S/C13H21N.C2HF3O2/c1-3-4-5-6-7-9-13(2)10-8-11-14-12-13;3-2(4,5)1(6)7/h3-5,12H,1,6-11H2,2H3;(H,6,7)/b5-4+;. The highest BCUT2D eigenvalue weighted by Gasteiger charge is 2.29. The summed E-state index contributed by atoms with van der Waals surface area (Å²) in [6.45, 7) is 7.18. The quantitative estimate of drug-likeness (QED) is 0.612. The van der Waals surface area contributed by atoms with Gasteiger partial charge in [0.2, 0.25) is 0 Å². The van der Waals surface area contributed by atoms with Gasteiger partial charge in [-0.2, -0.15) is 13.2 Å². The van der Waals surface area contributed by atoms with Crippen LogP contribution in [0.25, 0.3) is 0 Å². The third-order valence-electron chi connectivity index (χ3n) is 3.14. The summed E-state index contributed by atoms with van der Waals surface area (Å²) >= 11 is 0. The number of allylic oxidation sites excluding steroid dienone is 3. The topological polar surface area (TPSA) is 54.1 Å². The molecule has 21 heavy (non-hydrogen) atoms. The molecule has 120 valence electrons. The highest BCUT2D eigenvalue weighted by atomic mass is 19.4. The van der Waals surface area contributed by atoms with Gasteiger partial charge in [0.05, 0.1) is 0 Å².